The Morgan fingerprint density at radius 3 is 2.33 bits per heavy atom. The smallest absolute Gasteiger partial charge is 0.256 e. The number of rotatable bonds is 4. The number of benzene rings is 1. The molecular formula is C14H17N3O3S. The predicted octanol–water partition coefficient (Wildman–Crippen LogP) is 2.12. The number of hydrogen-bond acceptors (Lipinski definition) is 4. The van der Waals surface area contributed by atoms with E-state index >= 15 is 0 Å². The number of amides is 1. The third-order valence-corrected chi connectivity index (χ3v) is 4.07. The van der Waals surface area contributed by atoms with E-state index in [4.69, 9.17) is 0 Å². The summed E-state index contributed by atoms with van der Waals surface area (Å²) in [5, 5.41) is 6.89. The minimum absolute atomic E-state index is 0.128. The summed E-state index contributed by atoms with van der Waals surface area (Å²) in [5.74, 6) is 0.291. The highest BCUT2D eigenvalue weighted by atomic mass is 32.2. The molecule has 0 saturated heterocycles. The van der Waals surface area contributed by atoms with E-state index in [1.807, 2.05) is 13.8 Å². The largest absolute Gasteiger partial charge is 0.307 e. The Hall–Kier alpha value is -2.15. The van der Waals surface area contributed by atoms with Crippen molar-refractivity contribution in [3.8, 4) is 0 Å². The predicted molar refractivity (Wildman–Crippen MR) is 80.1 cm³/mol. The van der Waals surface area contributed by atoms with Crippen molar-refractivity contribution in [2.24, 2.45) is 0 Å². The standard InChI is InChI=1S/C14H17N3O3S/c1-10(2)17-13(8-9-15-17)16-14(18)11-4-6-12(7-5-11)21(3,19)20/h4-10H,1-3H3,(H,16,18). The van der Waals surface area contributed by atoms with Gasteiger partial charge in [0.2, 0.25) is 0 Å². The molecule has 1 N–H and O–H groups in total. The maximum Gasteiger partial charge on any atom is 0.256 e. The van der Waals surface area contributed by atoms with Crippen LogP contribution in [-0.4, -0.2) is 30.4 Å². The summed E-state index contributed by atoms with van der Waals surface area (Å²) in [7, 11) is -3.26. The van der Waals surface area contributed by atoms with Gasteiger partial charge in [0.25, 0.3) is 5.91 Å². The third kappa shape index (κ3) is 3.49. The van der Waals surface area contributed by atoms with E-state index in [9.17, 15) is 13.2 Å². The van der Waals surface area contributed by atoms with E-state index < -0.39 is 9.84 Å². The Kier molecular flexibility index (Phi) is 4.13. The molecule has 0 aliphatic rings. The number of nitrogens with one attached hydrogen (secondary N) is 1. The first-order valence-electron chi connectivity index (χ1n) is 6.44. The fraction of sp³-hybridized carbons (Fsp3) is 0.286. The summed E-state index contributed by atoms with van der Waals surface area (Å²) in [4.78, 5) is 12.3. The van der Waals surface area contributed by atoms with Gasteiger partial charge < -0.3 is 5.32 Å². The van der Waals surface area contributed by atoms with Crippen LogP contribution < -0.4 is 5.32 Å². The molecule has 2 aromatic rings. The van der Waals surface area contributed by atoms with Gasteiger partial charge in [-0.1, -0.05) is 0 Å². The lowest BCUT2D eigenvalue weighted by atomic mass is 10.2. The molecule has 0 fully saturated rings. The molecule has 0 radical (unpaired) electrons. The van der Waals surface area contributed by atoms with Crippen LogP contribution in [0.15, 0.2) is 41.4 Å². The molecule has 0 aliphatic carbocycles. The minimum Gasteiger partial charge on any atom is -0.307 e. The molecule has 2 rings (SSSR count). The summed E-state index contributed by atoms with van der Waals surface area (Å²) in [5.41, 5.74) is 0.388. The Balaban J connectivity index is 2.19. The van der Waals surface area contributed by atoms with Crippen molar-refractivity contribution in [3.63, 3.8) is 0 Å². The van der Waals surface area contributed by atoms with Crippen molar-refractivity contribution < 1.29 is 13.2 Å². The molecule has 0 aliphatic heterocycles. The second-order valence-electron chi connectivity index (χ2n) is 5.01. The molecule has 1 aromatic carbocycles. The van der Waals surface area contributed by atoms with E-state index in [1.165, 1.54) is 24.3 Å². The quantitative estimate of drug-likeness (QED) is 0.938. The van der Waals surface area contributed by atoms with Crippen LogP contribution in [0.2, 0.25) is 0 Å². The van der Waals surface area contributed by atoms with Crippen LogP contribution in [-0.2, 0) is 9.84 Å². The second-order valence-corrected chi connectivity index (χ2v) is 7.02. The lowest BCUT2D eigenvalue weighted by Crippen LogP contribution is -2.16. The summed E-state index contributed by atoms with van der Waals surface area (Å²) < 4.78 is 24.5. The molecule has 21 heavy (non-hydrogen) atoms. The molecule has 0 spiro atoms. The second kappa shape index (κ2) is 5.69. The molecule has 1 heterocycles. The summed E-state index contributed by atoms with van der Waals surface area (Å²) in [6.07, 6.45) is 2.74. The fourth-order valence-corrected chi connectivity index (χ4v) is 2.50. The Morgan fingerprint density at radius 2 is 1.81 bits per heavy atom. The number of nitrogens with zero attached hydrogens (tertiary/aromatic N) is 2. The van der Waals surface area contributed by atoms with Crippen molar-refractivity contribution in [3.05, 3.63) is 42.1 Å². The van der Waals surface area contributed by atoms with Gasteiger partial charge in [-0.05, 0) is 38.1 Å². The zero-order valence-electron chi connectivity index (χ0n) is 12.1. The van der Waals surface area contributed by atoms with Crippen LogP contribution in [0.25, 0.3) is 0 Å². The summed E-state index contributed by atoms with van der Waals surface area (Å²) in [6, 6.07) is 7.66. The Bertz CT molecular complexity index is 746. The van der Waals surface area contributed by atoms with Gasteiger partial charge in [-0.3, -0.25) is 4.79 Å². The highest BCUT2D eigenvalue weighted by Gasteiger charge is 2.12. The van der Waals surface area contributed by atoms with E-state index in [2.05, 4.69) is 10.4 Å². The topological polar surface area (TPSA) is 81.1 Å². The maximum atomic E-state index is 12.1. The molecule has 0 bridgehead atoms. The van der Waals surface area contributed by atoms with Crippen LogP contribution in [0.3, 0.4) is 0 Å². The number of hydrogen-bond donors (Lipinski definition) is 1. The van der Waals surface area contributed by atoms with Crippen LogP contribution in [0, 0.1) is 0 Å². The van der Waals surface area contributed by atoms with Crippen LogP contribution in [0.1, 0.15) is 30.2 Å². The highest BCUT2D eigenvalue weighted by molar-refractivity contribution is 7.90. The molecule has 0 unspecified atom stereocenters. The molecule has 0 atom stereocenters. The van der Waals surface area contributed by atoms with E-state index in [0.717, 1.165) is 6.26 Å². The van der Waals surface area contributed by atoms with Crippen molar-refractivity contribution in [2.75, 3.05) is 11.6 Å². The normalized spacial score (nSPS) is 11.6. The van der Waals surface area contributed by atoms with Crippen LogP contribution in [0.5, 0.6) is 0 Å². The van der Waals surface area contributed by atoms with Gasteiger partial charge in [-0.25, -0.2) is 13.1 Å². The SMILES string of the molecule is CC(C)n1nccc1NC(=O)c1ccc(S(C)(=O)=O)cc1. The van der Waals surface area contributed by atoms with Crippen molar-refractivity contribution in [2.45, 2.75) is 24.8 Å². The molecule has 0 saturated carbocycles. The van der Waals surface area contributed by atoms with Gasteiger partial charge >= 0.3 is 0 Å². The van der Waals surface area contributed by atoms with Gasteiger partial charge in [0.05, 0.1) is 11.1 Å². The van der Waals surface area contributed by atoms with E-state index in [0.29, 0.717) is 11.4 Å². The summed E-state index contributed by atoms with van der Waals surface area (Å²) in [6.45, 7) is 3.92. The Labute approximate surface area is 123 Å². The van der Waals surface area contributed by atoms with Crippen LogP contribution in [0.4, 0.5) is 5.82 Å². The van der Waals surface area contributed by atoms with Crippen molar-refractivity contribution in [1.82, 2.24) is 9.78 Å². The average molecular weight is 307 g/mol. The number of sulfone groups is 1. The molecule has 1 aromatic heterocycles. The van der Waals surface area contributed by atoms with Gasteiger partial charge in [0.15, 0.2) is 9.84 Å². The number of anilines is 1. The average Bonchev–Trinajstić information content (AvgIpc) is 2.86. The molecule has 7 heteroatoms. The van der Waals surface area contributed by atoms with Crippen molar-refractivity contribution in [1.29, 1.82) is 0 Å². The zero-order valence-corrected chi connectivity index (χ0v) is 12.9. The lowest BCUT2D eigenvalue weighted by Gasteiger charge is -2.11. The first-order chi connectivity index (χ1) is 9.79. The summed E-state index contributed by atoms with van der Waals surface area (Å²) >= 11 is 0. The van der Waals surface area contributed by atoms with Crippen molar-refractivity contribution >= 4 is 21.6 Å². The third-order valence-electron chi connectivity index (χ3n) is 2.95. The molecule has 112 valence electrons. The number of carbonyl (C=O) groups excluding carboxylic acids is 1. The number of carbonyl (C=O) groups is 1. The highest BCUT2D eigenvalue weighted by Crippen LogP contribution is 2.15. The zero-order chi connectivity index (χ0) is 15.6. The monoisotopic (exact) mass is 307 g/mol. The van der Waals surface area contributed by atoms with Gasteiger partial charge in [0, 0.05) is 23.9 Å². The Morgan fingerprint density at radius 1 is 1.19 bits per heavy atom. The molecule has 1 amide bonds. The van der Waals surface area contributed by atoms with E-state index in [-0.39, 0.29) is 16.8 Å². The van der Waals surface area contributed by atoms with Gasteiger partial charge in [-0.2, -0.15) is 5.10 Å². The minimum atomic E-state index is -3.26. The fourth-order valence-electron chi connectivity index (χ4n) is 1.87. The lowest BCUT2D eigenvalue weighted by molar-refractivity contribution is 0.102. The first kappa shape index (κ1) is 15.2. The first-order valence-corrected chi connectivity index (χ1v) is 8.33. The maximum absolute atomic E-state index is 12.1. The van der Waals surface area contributed by atoms with Crippen LogP contribution >= 0.6 is 0 Å². The van der Waals surface area contributed by atoms with Gasteiger partial charge in [0.1, 0.15) is 5.82 Å². The van der Waals surface area contributed by atoms with Gasteiger partial charge in [-0.15, -0.1) is 0 Å². The molecule has 6 nitrogen and oxygen atoms in total. The molecular weight excluding hydrogens is 290 g/mol. The number of aromatic nitrogens is 2. The van der Waals surface area contributed by atoms with E-state index in [1.54, 1.807) is 16.9 Å².